The number of aliphatic hydroxyl groups is 1. The molecule has 3 aromatic rings. The van der Waals surface area contributed by atoms with Gasteiger partial charge in [0.15, 0.2) is 5.82 Å². The number of nitrogens with one attached hydrogen (secondary N) is 1. The molecule has 1 aliphatic rings. The lowest BCUT2D eigenvalue weighted by atomic mass is 9.91. The third kappa shape index (κ3) is 5.58. The summed E-state index contributed by atoms with van der Waals surface area (Å²) in [6.45, 7) is 11.9. The highest BCUT2D eigenvalue weighted by molar-refractivity contribution is 5.95. The Bertz CT molecular complexity index is 1390. The normalized spacial score (nSPS) is 16.1. The van der Waals surface area contributed by atoms with Gasteiger partial charge in [0.05, 0.1) is 24.2 Å². The largest absolute Gasteiger partial charge is 0.495 e. The molecule has 10 heteroatoms. The summed E-state index contributed by atoms with van der Waals surface area (Å²) >= 11 is 0. The molecule has 0 aliphatic carbocycles. The summed E-state index contributed by atoms with van der Waals surface area (Å²) in [6.07, 6.45) is 0. The van der Waals surface area contributed by atoms with E-state index in [2.05, 4.69) is 34.1 Å². The molecule has 212 valence electrons. The summed E-state index contributed by atoms with van der Waals surface area (Å²) < 4.78 is 36.7. The molecule has 0 radical (unpaired) electrons. The Morgan fingerprint density at radius 1 is 1.05 bits per heavy atom. The maximum absolute atomic E-state index is 14.9. The number of nitrogens with zero attached hydrogens (tertiary/aromatic N) is 4. The molecule has 1 atom stereocenters. The Labute approximate surface area is 228 Å². The van der Waals surface area contributed by atoms with E-state index in [1.807, 2.05) is 13.0 Å². The molecule has 2 N–H and O–H groups in total. The molecule has 1 aliphatic heterocycles. The van der Waals surface area contributed by atoms with Crippen LogP contribution in [0, 0.1) is 0 Å². The predicted octanol–water partition coefficient (Wildman–Crippen LogP) is 4.51. The second-order valence-corrected chi connectivity index (χ2v) is 11.1. The number of hydrogen-bond acceptors (Lipinski definition) is 7. The van der Waals surface area contributed by atoms with Crippen molar-refractivity contribution in [1.29, 1.82) is 0 Å². The molecule has 1 aromatic heterocycles. The van der Waals surface area contributed by atoms with Gasteiger partial charge in [-0.05, 0) is 58.4 Å². The van der Waals surface area contributed by atoms with E-state index in [0.29, 0.717) is 33.9 Å². The fraction of sp³-hybridized carbons (Fsp3) is 0.517. The minimum Gasteiger partial charge on any atom is -0.495 e. The first kappa shape index (κ1) is 28.8. The van der Waals surface area contributed by atoms with E-state index in [4.69, 9.17) is 4.74 Å². The van der Waals surface area contributed by atoms with Gasteiger partial charge in [0.2, 0.25) is 0 Å². The fourth-order valence-electron chi connectivity index (χ4n) is 5.01. The highest BCUT2D eigenvalue weighted by Crippen LogP contribution is 2.40. The number of rotatable bonds is 8. The minimum atomic E-state index is -3.44. The standard InChI is InChI=1S/C29H39F2N5O3/c1-18(2)35-11-13-36(14-12-35)24-16-22-23(17-25(24)39-7)27(37)34(6)33-26(22)32-19(3)20-9-8-10-21(15-20)29(30,31)28(4,5)38/h8-10,15-19,38H,11-14H2,1-7H3,(H,32,33)/t19-/m1/s1. The lowest BCUT2D eigenvalue weighted by molar-refractivity contribution is -0.168. The van der Waals surface area contributed by atoms with Crippen molar-refractivity contribution in [3.8, 4) is 5.75 Å². The van der Waals surface area contributed by atoms with Crippen molar-refractivity contribution < 1.29 is 18.6 Å². The van der Waals surface area contributed by atoms with Crippen molar-refractivity contribution in [3.63, 3.8) is 0 Å². The molecule has 0 amide bonds. The number of anilines is 2. The number of fused-ring (bicyclic) bond motifs is 1. The third-order valence-electron chi connectivity index (χ3n) is 7.60. The van der Waals surface area contributed by atoms with Crippen LogP contribution in [0.3, 0.4) is 0 Å². The summed E-state index contributed by atoms with van der Waals surface area (Å²) in [5, 5.41) is 18.9. The molecule has 2 heterocycles. The maximum Gasteiger partial charge on any atom is 0.300 e. The quantitative estimate of drug-likeness (QED) is 0.433. The van der Waals surface area contributed by atoms with Crippen LogP contribution < -0.4 is 20.5 Å². The molecule has 8 nitrogen and oxygen atoms in total. The van der Waals surface area contributed by atoms with Crippen molar-refractivity contribution in [2.45, 2.75) is 58.2 Å². The Morgan fingerprint density at radius 3 is 2.31 bits per heavy atom. The van der Waals surface area contributed by atoms with Gasteiger partial charge >= 0.3 is 5.92 Å². The molecule has 4 rings (SSSR count). The van der Waals surface area contributed by atoms with Crippen LogP contribution in [0.2, 0.25) is 0 Å². The Morgan fingerprint density at radius 2 is 1.72 bits per heavy atom. The molecule has 0 saturated carbocycles. The zero-order valence-electron chi connectivity index (χ0n) is 23.8. The topological polar surface area (TPSA) is 82.9 Å². The second kappa shape index (κ2) is 10.7. The molecular weight excluding hydrogens is 504 g/mol. The number of ether oxygens (including phenoxy) is 1. The van der Waals surface area contributed by atoms with Gasteiger partial charge in [-0.2, -0.15) is 13.9 Å². The average molecular weight is 544 g/mol. The van der Waals surface area contributed by atoms with E-state index in [9.17, 15) is 18.7 Å². The first-order chi connectivity index (χ1) is 18.2. The van der Waals surface area contributed by atoms with Gasteiger partial charge in [0.25, 0.3) is 5.56 Å². The third-order valence-corrected chi connectivity index (χ3v) is 7.60. The average Bonchev–Trinajstić information content (AvgIpc) is 2.90. The summed E-state index contributed by atoms with van der Waals surface area (Å²) in [7, 11) is 3.17. The van der Waals surface area contributed by atoms with Crippen molar-refractivity contribution in [3.05, 3.63) is 57.9 Å². The van der Waals surface area contributed by atoms with Gasteiger partial charge in [-0.3, -0.25) is 9.69 Å². The van der Waals surface area contributed by atoms with Gasteiger partial charge in [-0.1, -0.05) is 18.2 Å². The van der Waals surface area contributed by atoms with Crippen molar-refractivity contribution in [1.82, 2.24) is 14.7 Å². The molecule has 2 aromatic carbocycles. The van der Waals surface area contributed by atoms with Gasteiger partial charge in [0.1, 0.15) is 11.4 Å². The predicted molar refractivity (Wildman–Crippen MR) is 151 cm³/mol. The lowest BCUT2D eigenvalue weighted by Crippen LogP contribution is -2.49. The number of aryl methyl sites for hydroxylation is 1. The highest BCUT2D eigenvalue weighted by atomic mass is 19.3. The van der Waals surface area contributed by atoms with Gasteiger partial charge in [-0.15, -0.1) is 0 Å². The molecule has 39 heavy (non-hydrogen) atoms. The fourth-order valence-corrected chi connectivity index (χ4v) is 5.01. The molecule has 0 spiro atoms. The number of benzene rings is 2. The minimum absolute atomic E-state index is 0.260. The van der Waals surface area contributed by atoms with Crippen molar-refractivity contribution in [2.75, 3.05) is 43.5 Å². The van der Waals surface area contributed by atoms with Gasteiger partial charge in [-0.25, -0.2) is 4.68 Å². The monoisotopic (exact) mass is 543 g/mol. The molecular formula is C29H39F2N5O3. The first-order valence-corrected chi connectivity index (χ1v) is 13.3. The van der Waals surface area contributed by atoms with Crippen LogP contribution in [-0.2, 0) is 13.0 Å². The number of halogens is 2. The summed E-state index contributed by atoms with van der Waals surface area (Å²) in [4.78, 5) is 17.7. The van der Waals surface area contributed by atoms with Crippen LogP contribution >= 0.6 is 0 Å². The number of aromatic nitrogens is 2. The molecule has 1 fully saturated rings. The van der Waals surface area contributed by atoms with E-state index < -0.39 is 17.6 Å². The Balaban J connectivity index is 1.73. The summed E-state index contributed by atoms with van der Waals surface area (Å²) in [5.74, 6) is -2.36. The van der Waals surface area contributed by atoms with Crippen LogP contribution in [0.4, 0.5) is 20.3 Å². The zero-order valence-corrected chi connectivity index (χ0v) is 23.8. The number of hydrogen-bond donors (Lipinski definition) is 2. The van der Waals surface area contributed by atoms with Crippen LogP contribution in [0.5, 0.6) is 5.75 Å². The number of methoxy groups -OCH3 is 1. The summed E-state index contributed by atoms with van der Waals surface area (Å²) in [5.41, 5.74) is -1.27. The highest BCUT2D eigenvalue weighted by Gasteiger charge is 2.47. The van der Waals surface area contributed by atoms with Gasteiger partial charge in [0, 0.05) is 50.2 Å². The number of alkyl halides is 2. The lowest BCUT2D eigenvalue weighted by Gasteiger charge is -2.38. The smallest absolute Gasteiger partial charge is 0.300 e. The second-order valence-electron chi connectivity index (χ2n) is 11.1. The number of piperazine rings is 1. The first-order valence-electron chi connectivity index (χ1n) is 13.3. The van der Waals surface area contributed by atoms with E-state index in [-0.39, 0.29) is 11.1 Å². The van der Waals surface area contributed by atoms with E-state index in [1.165, 1.54) is 16.8 Å². The van der Waals surface area contributed by atoms with E-state index >= 15 is 0 Å². The van der Waals surface area contributed by atoms with Crippen LogP contribution in [0.15, 0.2) is 41.2 Å². The SMILES string of the molecule is COc1cc2c(=O)n(C)nc(N[C@H](C)c3cccc(C(F)(F)C(C)(C)O)c3)c2cc1N1CCN(C(C)C)CC1. The summed E-state index contributed by atoms with van der Waals surface area (Å²) in [6, 6.07) is 9.73. The van der Waals surface area contributed by atoms with Crippen molar-refractivity contribution >= 4 is 22.3 Å². The van der Waals surface area contributed by atoms with E-state index in [0.717, 1.165) is 45.7 Å². The molecule has 0 unspecified atom stereocenters. The Hall–Kier alpha value is -3.24. The Kier molecular flexibility index (Phi) is 7.91. The van der Waals surface area contributed by atoms with Crippen molar-refractivity contribution in [2.24, 2.45) is 7.05 Å². The van der Waals surface area contributed by atoms with Crippen LogP contribution in [0.25, 0.3) is 10.8 Å². The van der Waals surface area contributed by atoms with Gasteiger partial charge < -0.3 is 20.1 Å². The maximum atomic E-state index is 14.9. The molecule has 1 saturated heterocycles. The van der Waals surface area contributed by atoms with Crippen LogP contribution in [-0.4, -0.2) is 64.7 Å². The van der Waals surface area contributed by atoms with Crippen LogP contribution in [0.1, 0.15) is 51.8 Å². The molecule has 0 bridgehead atoms. The van der Waals surface area contributed by atoms with E-state index in [1.54, 1.807) is 32.4 Å². The zero-order chi connectivity index (χ0) is 28.7.